The minimum Gasteiger partial charge on any atom is -0.350 e. The van der Waals surface area contributed by atoms with Crippen LogP contribution in [0.5, 0.6) is 0 Å². The van der Waals surface area contributed by atoms with Gasteiger partial charge in [-0.25, -0.2) is 0 Å². The van der Waals surface area contributed by atoms with Gasteiger partial charge in [-0.2, -0.15) is 0 Å². The Morgan fingerprint density at radius 1 is 0.944 bits per heavy atom. The van der Waals surface area contributed by atoms with E-state index < -0.39 is 0 Å². The average molecular weight is 253 g/mol. The maximum Gasteiger partial charge on any atom is 0.0797 e. The first-order valence-electron chi connectivity index (χ1n) is 6.28. The summed E-state index contributed by atoms with van der Waals surface area (Å²) < 4.78 is 0. The number of nitrogens with one attached hydrogen (secondary N) is 1. The highest BCUT2D eigenvalue weighted by Crippen LogP contribution is 2.36. The highest BCUT2D eigenvalue weighted by atomic mass is 32.1. The fourth-order valence-electron chi connectivity index (χ4n) is 2.59. The molecule has 3 rings (SSSR count). The van der Waals surface area contributed by atoms with Crippen LogP contribution in [0.4, 0.5) is 5.69 Å². The quantitative estimate of drug-likeness (QED) is 0.758. The lowest BCUT2D eigenvalue weighted by atomic mass is 9.87. The van der Waals surface area contributed by atoms with Gasteiger partial charge in [0.05, 0.1) is 4.99 Å². The molecule has 90 valence electrons. The molecule has 0 saturated carbocycles. The van der Waals surface area contributed by atoms with Gasteiger partial charge in [0.15, 0.2) is 0 Å². The first kappa shape index (κ1) is 11.4. The van der Waals surface area contributed by atoms with E-state index in [4.69, 9.17) is 12.2 Å². The molecule has 1 atom stereocenters. The van der Waals surface area contributed by atoms with E-state index in [1.54, 1.807) is 0 Å². The number of hydrogen-bond donors (Lipinski definition) is 1. The van der Waals surface area contributed by atoms with E-state index in [1.165, 1.54) is 11.1 Å². The normalized spacial score (nSPS) is 18.7. The summed E-state index contributed by atoms with van der Waals surface area (Å²) in [6, 6.07) is 19.2. The summed E-state index contributed by atoms with van der Waals surface area (Å²) in [7, 11) is 0. The van der Waals surface area contributed by atoms with Crippen molar-refractivity contribution in [2.75, 3.05) is 5.32 Å². The number of para-hydroxylation sites is 1. The van der Waals surface area contributed by atoms with E-state index in [0.717, 1.165) is 23.5 Å². The van der Waals surface area contributed by atoms with Gasteiger partial charge in [-0.05, 0) is 30.0 Å². The molecule has 0 spiro atoms. The molecule has 0 fully saturated rings. The van der Waals surface area contributed by atoms with Crippen LogP contribution in [0.1, 0.15) is 29.9 Å². The predicted molar refractivity (Wildman–Crippen MR) is 80.2 cm³/mol. The van der Waals surface area contributed by atoms with Gasteiger partial charge in [-0.1, -0.05) is 60.7 Å². The van der Waals surface area contributed by atoms with Gasteiger partial charge in [-0.15, -0.1) is 0 Å². The lowest BCUT2D eigenvalue weighted by Gasteiger charge is -2.17. The van der Waals surface area contributed by atoms with Gasteiger partial charge in [0.2, 0.25) is 0 Å². The predicted octanol–water partition coefficient (Wildman–Crippen LogP) is 4.35. The van der Waals surface area contributed by atoms with Crippen LogP contribution < -0.4 is 5.32 Å². The minimum absolute atomic E-state index is 0.440. The summed E-state index contributed by atoms with van der Waals surface area (Å²) in [5.74, 6) is 0.440. The second kappa shape index (κ2) is 4.91. The molecule has 0 bridgehead atoms. The number of hydrogen-bond acceptors (Lipinski definition) is 1. The molecule has 2 aromatic rings. The largest absolute Gasteiger partial charge is 0.350 e. The highest BCUT2D eigenvalue weighted by molar-refractivity contribution is 7.80. The molecule has 1 nitrogen and oxygen atoms in total. The maximum atomic E-state index is 5.36. The maximum absolute atomic E-state index is 5.36. The van der Waals surface area contributed by atoms with E-state index in [2.05, 4.69) is 59.9 Å². The van der Waals surface area contributed by atoms with Gasteiger partial charge >= 0.3 is 0 Å². The van der Waals surface area contributed by atoms with Crippen molar-refractivity contribution in [3.63, 3.8) is 0 Å². The van der Waals surface area contributed by atoms with Crippen molar-refractivity contribution in [1.29, 1.82) is 0 Å². The van der Waals surface area contributed by atoms with Crippen molar-refractivity contribution < 1.29 is 0 Å². The Balaban J connectivity index is 2.08. The first-order valence-corrected chi connectivity index (χ1v) is 6.69. The zero-order chi connectivity index (χ0) is 12.4. The zero-order valence-electron chi connectivity index (χ0n) is 10.1. The van der Waals surface area contributed by atoms with Gasteiger partial charge in [0, 0.05) is 11.6 Å². The van der Waals surface area contributed by atoms with Crippen molar-refractivity contribution in [3.8, 4) is 0 Å². The average Bonchev–Trinajstić information content (AvgIpc) is 2.58. The molecule has 1 N–H and O–H groups in total. The molecule has 1 aliphatic rings. The summed E-state index contributed by atoms with van der Waals surface area (Å²) >= 11 is 5.36. The highest BCUT2D eigenvalue weighted by Gasteiger charge is 2.21. The first-order chi connectivity index (χ1) is 8.84. The SMILES string of the molecule is S=C1CC[C@H](c2ccccc2)c2ccccc2N1. The molecular formula is C16H15NS. The van der Waals surface area contributed by atoms with E-state index in [1.807, 2.05) is 0 Å². The van der Waals surface area contributed by atoms with Crippen LogP contribution in [0.3, 0.4) is 0 Å². The lowest BCUT2D eigenvalue weighted by molar-refractivity contribution is 0.755. The van der Waals surface area contributed by atoms with Crippen molar-refractivity contribution in [1.82, 2.24) is 0 Å². The van der Waals surface area contributed by atoms with Crippen LogP contribution in [0.25, 0.3) is 0 Å². The van der Waals surface area contributed by atoms with Crippen molar-refractivity contribution >= 4 is 22.9 Å². The molecule has 0 aliphatic carbocycles. The van der Waals surface area contributed by atoms with Gasteiger partial charge in [0.25, 0.3) is 0 Å². The number of thiocarbonyl (C=S) groups is 1. The van der Waals surface area contributed by atoms with Gasteiger partial charge in [0.1, 0.15) is 0 Å². The molecule has 2 aromatic carbocycles. The summed E-state index contributed by atoms with van der Waals surface area (Å²) in [4.78, 5) is 0.945. The van der Waals surface area contributed by atoms with Gasteiger partial charge < -0.3 is 5.32 Å². The van der Waals surface area contributed by atoms with E-state index in [-0.39, 0.29) is 0 Å². The van der Waals surface area contributed by atoms with Crippen LogP contribution in [-0.2, 0) is 0 Å². The fourth-order valence-corrected chi connectivity index (χ4v) is 2.82. The van der Waals surface area contributed by atoms with Crippen LogP contribution in [0, 0.1) is 0 Å². The number of fused-ring (bicyclic) bond motifs is 1. The third-order valence-electron chi connectivity index (χ3n) is 3.47. The van der Waals surface area contributed by atoms with Crippen LogP contribution in [-0.4, -0.2) is 4.99 Å². The summed E-state index contributed by atoms with van der Waals surface area (Å²) in [5, 5.41) is 3.35. The monoisotopic (exact) mass is 253 g/mol. The molecule has 0 radical (unpaired) electrons. The summed E-state index contributed by atoms with van der Waals surface area (Å²) in [6.45, 7) is 0. The number of anilines is 1. The Kier molecular flexibility index (Phi) is 3.11. The van der Waals surface area contributed by atoms with Crippen molar-refractivity contribution in [3.05, 3.63) is 65.7 Å². The summed E-state index contributed by atoms with van der Waals surface area (Å²) in [5.41, 5.74) is 3.88. The third-order valence-corrected chi connectivity index (χ3v) is 3.78. The topological polar surface area (TPSA) is 12.0 Å². The molecule has 0 unspecified atom stereocenters. The second-order valence-corrected chi connectivity index (χ2v) is 5.13. The molecule has 1 heterocycles. The Labute approximate surface area is 113 Å². The van der Waals surface area contributed by atoms with Crippen LogP contribution in [0.2, 0.25) is 0 Å². The molecule has 2 heteroatoms. The van der Waals surface area contributed by atoms with Crippen molar-refractivity contribution in [2.45, 2.75) is 18.8 Å². The van der Waals surface area contributed by atoms with Crippen LogP contribution >= 0.6 is 12.2 Å². The Hall–Kier alpha value is -1.67. The van der Waals surface area contributed by atoms with Gasteiger partial charge in [-0.3, -0.25) is 0 Å². The lowest BCUT2D eigenvalue weighted by Crippen LogP contribution is -2.06. The molecular weight excluding hydrogens is 238 g/mol. The fraction of sp³-hybridized carbons (Fsp3) is 0.188. The van der Waals surface area contributed by atoms with Crippen LogP contribution in [0.15, 0.2) is 54.6 Å². The second-order valence-electron chi connectivity index (χ2n) is 4.64. The molecule has 18 heavy (non-hydrogen) atoms. The number of rotatable bonds is 1. The Morgan fingerprint density at radius 3 is 2.50 bits per heavy atom. The molecule has 1 aliphatic heterocycles. The van der Waals surface area contributed by atoms with E-state index >= 15 is 0 Å². The van der Waals surface area contributed by atoms with E-state index in [9.17, 15) is 0 Å². The minimum atomic E-state index is 0.440. The Bertz CT molecular complexity index is 562. The zero-order valence-corrected chi connectivity index (χ0v) is 10.9. The summed E-state index contributed by atoms with van der Waals surface area (Å²) in [6.07, 6.45) is 2.02. The molecule has 0 saturated heterocycles. The Morgan fingerprint density at radius 2 is 1.67 bits per heavy atom. The van der Waals surface area contributed by atoms with Crippen molar-refractivity contribution in [2.24, 2.45) is 0 Å². The smallest absolute Gasteiger partial charge is 0.0797 e. The number of benzene rings is 2. The molecule has 0 aromatic heterocycles. The standard InChI is InChI=1S/C16H15NS/c18-16-11-10-13(12-6-2-1-3-7-12)14-8-4-5-9-15(14)17-16/h1-9,13H,10-11H2,(H,17,18)/t13-/m1/s1. The third kappa shape index (κ3) is 2.16. The molecule has 0 amide bonds. The van der Waals surface area contributed by atoms with E-state index in [0.29, 0.717) is 5.92 Å².